The van der Waals surface area contributed by atoms with Crippen LogP contribution in [0.3, 0.4) is 0 Å². The first kappa shape index (κ1) is 33.3. The molecule has 13 aromatic rings. The molecule has 280 valence electrons. The fourth-order valence-electron chi connectivity index (χ4n) is 10.2. The highest BCUT2D eigenvalue weighted by Crippen LogP contribution is 2.53. The standard InChI is InChI=1S/C55H29N5O/c1-57-51-46(32-15-4-2-5-16-32)41(31-56)52(59-42-24-12-10-22-40(42)49-44(59)28-27-39-36-21-11-13-26-45(36)61-54(39)49)47(33-17-6-3-7-18-33)53(51)60-43-25-14-23-37-34-19-8-9-20-35(34)38-29-30-58-55(60)50(38)48(37)43/h2-30H. The summed E-state index contributed by atoms with van der Waals surface area (Å²) in [6, 6.07) is 60.6. The molecule has 0 fully saturated rings. The van der Waals surface area contributed by atoms with E-state index >= 15 is 0 Å². The molecule has 0 aliphatic carbocycles. The Labute approximate surface area is 348 Å². The van der Waals surface area contributed by atoms with Crippen molar-refractivity contribution in [2.24, 2.45) is 0 Å². The molecule has 0 radical (unpaired) electrons. The highest BCUT2D eigenvalue weighted by molar-refractivity contribution is 6.34. The molecular weight excluding hydrogens is 747 g/mol. The zero-order chi connectivity index (χ0) is 40.3. The first-order chi connectivity index (χ1) is 30.2. The maximum Gasteiger partial charge on any atom is 0.220 e. The molecule has 0 aliphatic rings. The van der Waals surface area contributed by atoms with Crippen molar-refractivity contribution in [3.63, 3.8) is 0 Å². The molecule has 61 heavy (non-hydrogen) atoms. The lowest BCUT2D eigenvalue weighted by Gasteiger charge is -2.25. The molecule has 4 aromatic heterocycles. The Kier molecular flexibility index (Phi) is 6.76. The minimum absolute atomic E-state index is 0.374. The largest absolute Gasteiger partial charge is 0.455 e. The summed E-state index contributed by atoms with van der Waals surface area (Å²) in [5.74, 6) is 0. The third kappa shape index (κ3) is 4.35. The predicted molar refractivity (Wildman–Crippen MR) is 248 cm³/mol. The number of pyridine rings is 1. The molecule has 0 atom stereocenters. The SMILES string of the molecule is [C-]#[N+]c1c(-c2ccccc2)c(C#N)c(-n2c3ccccc3c3c4oc5ccccc5c4ccc32)c(-c2ccccc2)c1-n1c2cccc3c4ccccc4c4ccnc1c4c32. The fraction of sp³-hybridized carbons (Fsp3) is 0. The average Bonchev–Trinajstić information content (AvgIpc) is 3.99. The second-order valence-corrected chi connectivity index (χ2v) is 15.6. The Balaban J connectivity index is 1.31. The van der Waals surface area contributed by atoms with Gasteiger partial charge in [-0.05, 0) is 69.1 Å². The lowest BCUT2D eigenvalue weighted by Crippen LogP contribution is -2.09. The van der Waals surface area contributed by atoms with Gasteiger partial charge in [0.1, 0.15) is 22.9 Å². The zero-order valence-corrected chi connectivity index (χ0v) is 32.4. The van der Waals surface area contributed by atoms with Gasteiger partial charge in [-0.2, -0.15) is 5.26 Å². The molecule has 0 N–H and O–H groups in total. The maximum atomic E-state index is 11.7. The van der Waals surface area contributed by atoms with Crippen LogP contribution in [0.5, 0.6) is 0 Å². The van der Waals surface area contributed by atoms with E-state index in [1.165, 1.54) is 0 Å². The molecule has 0 saturated heterocycles. The summed E-state index contributed by atoms with van der Waals surface area (Å²) in [5, 5.41) is 22.4. The second kappa shape index (κ2) is 12.4. The Morgan fingerprint density at radius 1 is 0.492 bits per heavy atom. The van der Waals surface area contributed by atoms with Crippen LogP contribution in [-0.2, 0) is 0 Å². The Morgan fingerprint density at radius 3 is 1.84 bits per heavy atom. The average molecular weight is 776 g/mol. The second-order valence-electron chi connectivity index (χ2n) is 15.6. The Morgan fingerprint density at radius 2 is 1.10 bits per heavy atom. The van der Waals surface area contributed by atoms with Gasteiger partial charge in [0.2, 0.25) is 5.69 Å². The number of aromatic nitrogens is 3. The fourth-order valence-corrected chi connectivity index (χ4v) is 10.2. The van der Waals surface area contributed by atoms with Crippen molar-refractivity contribution >= 4 is 92.9 Å². The van der Waals surface area contributed by atoms with Crippen LogP contribution in [0, 0.1) is 17.9 Å². The smallest absolute Gasteiger partial charge is 0.220 e. The molecule has 0 bridgehead atoms. The van der Waals surface area contributed by atoms with Gasteiger partial charge in [0.25, 0.3) is 0 Å². The van der Waals surface area contributed by atoms with Crippen molar-refractivity contribution in [2.45, 2.75) is 0 Å². The Bertz CT molecular complexity index is 3980. The third-order valence-electron chi connectivity index (χ3n) is 12.6. The van der Waals surface area contributed by atoms with Crippen LogP contribution in [0.1, 0.15) is 5.56 Å². The first-order valence-electron chi connectivity index (χ1n) is 20.2. The number of para-hydroxylation sites is 2. The molecule has 6 nitrogen and oxygen atoms in total. The van der Waals surface area contributed by atoms with E-state index in [-0.39, 0.29) is 0 Å². The normalized spacial score (nSPS) is 11.9. The predicted octanol–water partition coefficient (Wildman–Crippen LogP) is 14.7. The summed E-state index contributed by atoms with van der Waals surface area (Å²) < 4.78 is 11.2. The Hall–Kier alpha value is -8.71. The highest BCUT2D eigenvalue weighted by Gasteiger charge is 2.33. The van der Waals surface area contributed by atoms with Crippen LogP contribution in [0.4, 0.5) is 5.69 Å². The van der Waals surface area contributed by atoms with Gasteiger partial charge in [-0.15, -0.1) is 0 Å². The molecule has 4 heterocycles. The van der Waals surface area contributed by atoms with E-state index in [2.05, 4.69) is 117 Å². The van der Waals surface area contributed by atoms with E-state index < -0.39 is 0 Å². The van der Waals surface area contributed by atoms with E-state index in [1.54, 1.807) is 0 Å². The van der Waals surface area contributed by atoms with Gasteiger partial charge >= 0.3 is 0 Å². The summed E-state index contributed by atoms with van der Waals surface area (Å²) in [7, 11) is 0. The zero-order valence-electron chi connectivity index (χ0n) is 32.4. The van der Waals surface area contributed by atoms with E-state index in [4.69, 9.17) is 16.0 Å². The molecule has 0 unspecified atom stereocenters. The van der Waals surface area contributed by atoms with Crippen LogP contribution >= 0.6 is 0 Å². The third-order valence-corrected chi connectivity index (χ3v) is 12.6. The molecular formula is C55H29N5O. The topological polar surface area (TPSA) is 64.0 Å². The molecule has 0 amide bonds. The lowest BCUT2D eigenvalue weighted by atomic mass is 9.88. The van der Waals surface area contributed by atoms with Crippen molar-refractivity contribution in [1.29, 1.82) is 5.26 Å². The van der Waals surface area contributed by atoms with Crippen LogP contribution in [0.15, 0.2) is 180 Å². The summed E-state index contributed by atoms with van der Waals surface area (Å²) in [6.45, 7) is 9.14. The van der Waals surface area contributed by atoms with E-state index in [0.717, 1.165) is 104 Å². The molecule has 0 aliphatic heterocycles. The number of benzene rings is 9. The number of nitrogens with zero attached hydrogens (tertiary/aromatic N) is 5. The minimum atomic E-state index is 0.374. The molecule has 6 heteroatoms. The van der Waals surface area contributed by atoms with Gasteiger partial charge in [0.15, 0.2) is 0 Å². The first-order valence-corrected chi connectivity index (χ1v) is 20.2. The summed E-state index contributed by atoms with van der Waals surface area (Å²) in [6.07, 6.45) is 1.88. The van der Waals surface area contributed by atoms with Gasteiger partial charge in [-0.3, -0.25) is 0 Å². The van der Waals surface area contributed by atoms with E-state index in [9.17, 15) is 5.26 Å². The number of furan rings is 1. The quantitative estimate of drug-likeness (QED) is 0.132. The van der Waals surface area contributed by atoms with E-state index in [0.29, 0.717) is 28.2 Å². The summed E-state index contributed by atoms with van der Waals surface area (Å²) >= 11 is 0. The van der Waals surface area contributed by atoms with Gasteiger partial charge in [0, 0.05) is 44.3 Å². The van der Waals surface area contributed by atoms with Crippen molar-refractivity contribution in [2.75, 3.05) is 0 Å². The molecule has 13 rings (SSSR count). The number of fused-ring (bicyclic) bond motifs is 10. The van der Waals surface area contributed by atoms with Crippen LogP contribution in [0.2, 0.25) is 0 Å². The highest BCUT2D eigenvalue weighted by atomic mass is 16.3. The minimum Gasteiger partial charge on any atom is -0.455 e. The van der Waals surface area contributed by atoms with Crippen molar-refractivity contribution in [3.05, 3.63) is 193 Å². The van der Waals surface area contributed by atoms with Gasteiger partial charge in [-0.25, -0.2) is 9.83 Å². The van der Waals surface area contributed by atoms with Gasteiger partial charge in [0.05, 0.1) is 45.4 Å². The maximum absolute atomic E-state index is 11.7. The van der Waals surface area contributed by atoms with Gasteiger partial charge in [-0.1, -0.05) is 133 Å². The van der Waals surface area contributed by atoms with Crippen molar-refractivity contribution < 1.29 is 4.42 Å². The summed E-state index contributed by atoms with van der Waals surface area (Å²) in [5.41, 5.74) is 10.2. The number of nitriles is 1. The number of hydrogen-bond acceptors (Lipinski definition) is 3. The number of rotatable bonds is 4. The van der Waals surface area contributed by atoms with Crippen molar-refractivity contribution in [1.82, 2.24) is 14.1 Å². The lowest BCUT2D eigenvalue weighted by molar-refractivity contribution is 0.673. The molecule has 0 saturated carbocycles. The van der Waals surface area contributed by atoms with Gasteiger partial charge < -0.3 is 13.6 Å². The molecule has 9 aromatic carbocycles. The monoisotopic (exact) mass is 775 g/mol. The number of hydrogen-bond donors (Lipinski definition) is 0. The summed E-state index contributed by atoms with van der Waals surface area (Å²) in [4.78, 5) is 9.63. The van der Waals surface area contributed by atoms with Crippen molar-refractivity contribution in [3.8, 4) is 39.7 Å². The van der Waals surface area contributed by atoms with Crippen LogP contribution in [0.25, 0.3) is 126 Å². The van der Waals surface area contributed by atoms with E-state index in [1.807, 2.05) is 79.0 Å². The van der Waals surface area contributed by atoms with Crippen LogP contribution < -0.4 is 0 Å². The molecule has 0 spiro atoms. The van der Waals surface area contributed by atoms with Crippen LogP contribution in [-0.4, -0.2) is 14.1 Å².